The van der Waals surface area contributed by atoms with E-state index in [0.29, 0.717) is 5.69 Å². The SMILES string of the molecule is Cc1ccc(S(=O)(=O)N(CC(=O)NCc2ccncc2)c2cccc(Br)c2)cc1. The summed E-state index contributed by atoms with van der Waals surface area (Å²) in [6.45, 7) is 1.84. The van der Waals surface area contributed by atoms with Gasteiger partial charge in [-0.25, -0.2) is 8.42 Å². The first-order chi connectivity index (χ1) is 13.9. The zero-order chi connectivity index (χ0) is 20.9. The van der Waals surface area contributed by atoms with Crippen molar-refractivity contribution in [3.8, 4) is 0 Å². The molecular weight excluding hydrogens is 454 g/mol. The molecule has 6 nitrogen and oxygen atoms in total. The Morgan fingerprint density at radius 3 is 2.41 bits per heavy atom. The van der Waals surface area contributed by atoms with Crippen LogP contribution in [-0.4, -0.2) is 25.9 Å². The summed E-state index contributed by atoms with van der Waals surface area (Å²) in [6, 6.07) is 17.0. The van der Waals surface area contributed by atoms with E-state index >= 15 is 0 Å². The van der Waals surface area contributed by atoms with E-state index in [1.54, 1.807) is 73.1 Å². The Morgan fingerprint density at radius 1 is 1.07 bits per heavy atom. The number of rotatable bonds is 7. The Hall–Kier alpha value is -2.71. The number of nitrogens with zero attached hydrogens (tertiary/aromatic N) is 2. The number of carbonyl (C=O) groups is 1. The topological polar surface area (TPSA) is 79.4 Å². The summed E-state index contributed by atoms with van der Waals surface area (Å²) in [6.07, 6.45) is 3.27. The number of halogens is 1. The van der Waals surface area contributed by atoms with E-state index in [0.717, 1.165) is 19.9 Å². The van der Waals surface area contributed by atoms with Crippen LogP contribution < -0.4 is 9.62 Å². The van der Waals surface area contributed by atoms with Crippen LogP contribution in [0.3, 0.4) is 0 Å². The van der Waals surface area contributed by atoms with Crippen LogP contribution in [0.1, 0.15) is 11.1 Å². The molecule has 0 radical (unpaired) electrons. The van der Waals surface area contributed by atoms with Gasteiger partial charge in [-0.15, -0.1) is 0 Å². The summed E-state index contributed by atoms with van der Waals surface area (Å²) in [7, 11) is -3.92. The highest BCUT2D eigenvalue weighted by atomic mass is 79.9. The number of benzene rings is 2. The highest BCUT2D eigenvalue weighted by molar-refractivity contribution is 9.10. The van der Waals surface area contributed by atoms with E-state index in [1.807, 2.05) is 6.92 Å². The van der Waals surface area contributed by atoms with E-state index in [9.17, 15) is 13.2 Å². The van der Waals surface area contributed by atoms with Crippen LogP contribution in [0.25, 0.3) is 0 Å². The minimum absolute atomic E-state index is 0.130. The summed E-state index contributed by atoms with van der Waals surface area (Å²) in [5, 5.41) is 2.76. The first-order valence-electron chi connectivity index (χ1n) is 8.87. The zero-order valence-electron chi connectivity index (χ0n) is 15.7. The van der Waals surface area contributed by atoms with Gasteiger partial charge in [0.05, 0.1) is 10.6 Å². The van der Waals surface area contributed by atoms with Crippen LogP contribution in [0.15, 0.2) is 82.4 Å². The van der Waals surface area contributed by atoms with Crippen LogP contribution >= 0.6 is 15.9 Å². The standard InChI is InChI=1S/C21H20BrN3O3S/c1-16-5-7-20(8-6-16)29(27,28)25(19-4-2-3-18(22)13-19)15-21(26)24-14-17-9-11-23-12-10-17/h2-13H,14-15H2,1H3,(H,24,26). The fraction of sp³-hybridized carbons (Fsp3) is 0.143. The van der Waals surface area contributed by atoms with Crippen molar-refractivity contribution >= 4 is 37.5 Å². The molecule has 3 rings (SSSR count). The molecule has 1 aromatic heterocycles. The first-order valence-corrected chi connectivity index (χ1v) is 11.1. The molecule has 29 heavy (non-hydrogen) atoms. The maximum atomic E-state index is 13.3. The fourth-order valence-corrected chi connectivity index (χ4v) is 4.47. The van der Waals surface area contributed by atoms with E-state index in [1.165, 1.54) is 0 Å². The molecule has 0 atom stereocenters. The molecule has 0 bridgehead atoms. The van der Waals surface area contributed by atoms with Crippen LogP contribution in [0.2, 0.25) is 0 Å². The molecule has 150 valence electrons. The summed E-state index contributed by atoms with van der Waals surface area (Å²) >= 11 is 3.36. The molecule has 1 heterocycles. The quantitative estimate of drug-likeness (QED) is 0.567. The normalized spacial score (nSPS) is 11.1. The Labute approximate surface area is 178 Å². The lowest BCUT2D eigenvalue weighted by atomic mass is 10.2. The Kier molecular flexibility index (Phi) is 6.66. The second kappa shape index (κ2) is 9.19. The Morgan fingerprint density at radius 2 is 1.76 bits per heavy atom. The summed E-state index contributed by atoms with van der Waals surface area (Å²) in [5.74, 6) is -0.405. The van der Waals surface area contributed by atoms with Gasteiger partial charge in [0.15, 0.2) is 0 Å². The molecule has 0 saturated carbocycles. The molecule has 2 aromatic carbocycles. The van der Waals surface area contributed by atoms with Gasteiger partial charge in [-0.1, -0.05) is 39.7 Å². The number of hydrogen-bond donors (Lipinski definition) is 1. The molecule has 0 aliphatic carbocycles. The van der Waals surface area contributed by atoms with Crippen LogP contribution in [-0.2, 0) is 21.4 Å². The van der Waals surface area contributed by atoms with Gasteiger partial charge in [-0.2, -0.15) is 0 Å². The van der Waals surface area contributed by atoms with Crippen molar-refractivity contribution in [2.24, 2.45) is 0 Å². The smallest absolute Gasteiger partial charge is 0.264 e. The molecule has 0 saturated heterocycles. The molecule has 3 aromatic rings. The lowest BCUT2D eigenvalue weighted by molar-refractivity contribution is -0.119. The van der Waals surface area contributed by atoms with Crippen molar-refractivity contribution in [3.63, 3.8) is 0 Å². The number of anilines is 1. The second-order valence-corrected chi connectivity index (χ2v) is 9.21. The van der Waals surface area contributed by atoms with Crippen LogP contribution in [0.4, 0.5) is 5.69 Å². The number of hydrogen-bond acceptors (Lipinski definition) is 4. The van der Waals surface area contributed by atoms with Crippen LogP contribution in [0.5, 0.6) is 0 Å². The maximum absolute atomic E-state index is 13.3. The van der Waals surface area contributed by atoms with Crippen molar-refractivity contribution in [1.82, 2.24) is 10.3 Å². The van der Waals surface area contributed by atoms with Crippen molar-refractivity contribution in [2.75, 3.05) is 10.8 Å². The number of sulfonamides is 1. The average molecular weight is 474 g/mol. The largest absolute Gasteiger partial charge is 0.350 e. The number of aromatic nitrogens is 1. The monoisotopic (exact) mass is 473 g/mol. The van der Waals surface area contributed by atoms with Gasteiger partial charge in [-0.3, -0.25) is 14.1 Å². The molecule has 0 aliphatic rings. The van der Waals surface area contributed by atoms with Gasteiger partial charge in [-0.05, 0) is 55.0 Å². The van der Waals surface area contributed by atoms with Crippen molar-refractivity contribution in [1.29, 1.82) is 0 Å². The number of amides is 1. The molecule has 0 fully saturated rings. The van der Waals surface area contributed by atoms with Crippen LogP contribution in [0, 0.1) is 6.92 Å². The van der Waals surface area contributed by atoms with Gasteiger partial charge < -0.3 is 5.32 Å². The third-order valence-electron chi connectivity index (χ3n) is 4.23. The zero-order valence-corrected chi connectivity index (χ0v) is 18.2. The minimum atomic E-state index is -3.92. The number of nitrogens with one attached hydrogen (secondary N) is 1. The van der Waals surface area contributed by atoms with E-state index < -0.39 is 15.9 Å². The summed E-state index contributed by atoms with van der Waals surface area (Å²) < 4.78 is 28.4. The number of carbonyl (C=O) groups excluding carboxylic acids is 1. The van der Waals surface area contributed by atoms with Crippen molar-refractivity contribution < 1.29 is 13.2 Å². The lowest BCUT2D eigenvalue weighted by Gasteiger charge is -2.24. The molecule has 8 heteroatoms. The highest BCUT2D eigenvalue weighted by Gasteiger charge is 2.27. The molecule has 0 aliphatic heterocycles. The Balaban J connectivity index is 1.87. The van der Waals surface area contributed by atoms with Gasteiger partial charge >= 0.3 is 0 Å². The lowest BCUT2D eigenvalue weighted by Crippen LogP contribution is -2.40. The van der Waals surface area contributed by atoms with Gasteiger partial charge in [0.25, 0.3) is 10.0 Å². The third-order valence-corrected chi connectivity index (χ3v) is 6.51. The van der Waals surface area contributed by atoms with Gasteiger partial charge in [0.2, 0.25) is 5.91 Å². The number of pyridine rings is 1. The van der Waals surface area contributed by atoms with Crippen molar-refractivity contribution in [3.05, 3.63) is 88.7 Å². The molecule has 0 spiro atoms. The third kappa shape index (κ3) is 5.42. The summed E-state index contributed by atoms with van der Waals surface area (Å²) in [5.41, 5.74) is 2.23. The number of aryl methyl sites for hydroxylation is 1. The average Bonchev–Trinajstić information content (AvgIpc) is 2.71. The van der Waals surface area contributed by atoms with Crippen molar-refractivity contribution in [2.45, 2.75) is 18.4 Å². The molecule has 1 amide bonds. The molecule has 1 N–H and O–H groups in total. The predicted octanol–water partition coefficient (Wildman–Crippen LogP) is 3.66. The molecular formula is C21H20BrN3O3S. The first kappa shape index (κ1) is 21.0. The highest BCUT2D eigenvalue weighted by Crippen LogP contribution is 2.26. The van der Waals surface area contributed by atoms with E-state index in [-0.39, 0.29) is 18.0 Å². The van der Waals surface area contributed by atoms with Gasteiger partial charge in [0.1, 0.15) is 6.54 Å². The van der Waals surface area contributed by atoms with E-state index in [2.05, 4.69) is 26.2 Å². The van der Waals surface area contributed by atoms with Gasteiger partial charge in [0, 0.05) is 23.4 Å². The second-order valence-electron chi connectivity index (χ2n) is 6.44. The molecule has 0 unspecified atom stereocenters. The predicted molar refractivity (Wildman–Crippen MR) is 116 cm³/mol. The maximum Gasteiger partial charge on any atom is 0.264 e. The fourth-order valence-electron chi connectivity index (χ4n) is 2.67. The summed E-state index contributed by atoms with van der Waals surface area (Å²) in [4.78, 5) is 16.6. The Bertz CT molecular complexity index is 1090. The minimum Gasteiger partial charge on any atom is -0.350 e. The van der Waals surface area contributed by atoms with E-state index in [4.69, 9.17) is 0 Å².